The summed E-state index contributed by atoms with van der Waals surface area (Å²) in [5.41, 5.74) is 1.23. The van der Waals surface area contributed by atoms with Crippen molar-refractivity contribution >= 4 is 43.5 Å². The van der Waals surface area contributed by atoms with Gasteiger partial charge in [0.25, 0.3) is 5.56 Å². The molecule has 0 spiro atoms. The Kier molecular flexibility index (Phi) is 4.62. The van der Waals surface area contributed by atoms with E-state index in [1.54, 1.807) is 36.4 Å². The van der Waals surface area contributed by atoms with E-state index in [1.807, 2.05) is 18.2 Å². The summed E-state index contributed by atoms with van der Waals surface area (Å²) in [6, 6.07) is 15.6. The number of nitrogens with zero attached hydrogens (tertiary/aromatic N) is 3. The molecule has 5 rings (SSSR count). The molecule has 1 aliphatic rings. The first kappa shape index (κ1) is 19.5. The number of amides is 1. The van der Waals surface area contributed by atoms with Gasteiger partial charge in [-0.15, -0.1) is 0 Å². The molecule has 1 saturated heterocycles. The van der Waals surface area contributed by atoms with Gasteiger partial charge in [-0.2, -0.15) is 0 Å². The van der Waals surface area contributed by atoms with Crippen molar-refractivity contribution in [1.29, 1.82) is 0 Å². The predicted octanol–water partition coefficient (Wildman–Crippen LogP) is 2.36. The minimum Gasteiger partial charge on any atom is -0.448 e. The molecule has 8 nitrogen and oxygen atoms in total. The van der Waals surface area contributed by atoms with E-state index >= 15 is 0 Å². The van der Waals surface area contributed by atoms with Crippen molar-refractivity contribution in [3.8, 4) is 0 Å². The standard InChI is InChI=1S/C22H19N3O5S/c26-19(25(15-6-2-1-3-7-15)16-10-11-31(28,29)13-16)12-24-14-23-20-17-8-4-5-9-18(17)30-21(20)22(24)27/h1-9,14,16H,10-13H2. The maximum atomic E-state index is 13.3. The fourth-order valence-electron chi connectivity index (χ4n) is 4.08. The van der Waals surface area contributed by atoms with Crippen LogP contribution < -0.4 is 10.5 Å². The second-order valence-corrected chi connectivity index (χ2v) is 9.84. The van der Waals surface area contributed by atoms with Gasteiger partial charge in [-0.25, -0.2) is 13.4 Å². The molecule has 3 heterocycles. The summed E-state index contributed by atoms with van der Waals surface area (Å²) in [5.74, 6) is -0.433. The fourth-order valence-corrected chi connectivity index (χ4v) is 5.78. The minimum absolute atomic E-state index is 0.0424. The van der Waals surface area contributed by atoms with E-state index < -0.39 is 21.4 Å². The summed E-state index contributed by atoms with van der Waals surface area (Å²) >= 11 is 0. The highest BCUT2D eigenvalue weighted by atomic mass is 32.2. The van der Waals surface area contributed by atoms with Crippen molar-refractivity contribution < 1.29 is 17.6 Å². The van der Waals surface area contributed by atoms with Crippen LogP contribution in [0.5, 0.6) is 0 Å². The number of hydrogen-bond acceptors (Lipinski definition) is 6. The molecule has 0 aliphatic carbocycles. The average Bonchev–Trinajstić information content (AvgIpc) is 3.31. The molecule has 0 radical (unpaired) electrons. The third kappa shape index (κ3) is 3.50. The summed E-state index contributed by atoms with van der Waals surface area (Å²) in [6.45, 7) is -0.274. The van der Waals surface area contributed by atoms with Crippen LogP contribution in [0.15, 0.2) is 70.1 Å². The van der Waals surface area contributed by atoms with Gasteiger partial charge in [0.15, 0.2) is 9.84 Å². The molecule has 1 amide bonds. The van der Waals surface area contributed by atoms with Crippen molar-refractivity contribution in [3.05, 3.63) is 71.3 Å². The minimum atomic E-state index is -3.20. The van der Waals surface area contributed by atoms with Gasteiger partial charge >= 0.3 is 0 Å². The first-order valence-electron chi connectivity index (χ1n) is 9.87. The summed E-state index contributed by atoms with van der Waals surface area (Å²) in [5, 5.41) is 0.732. The van der Waals surface area contributed by atoms with E-state index in [2.05, 4.69) is 4.98 Å². The Morgan fingerprint density at radius 1 is 1.13 bits per heavy atom. The molecule has 0 bridgehead atoms. The lowest BCUT2D eigenvalue weighted by Gasteiger charge is -2.28. The van der Waals surface area contributed by atoms with Gasteiger partial charge < -0.3 is 9.32 Å². The number of para-hydroxylation sites is 2. The zero-order valence-corrected chi connectivity index (χ0v) is 17.3. The van der Waals surface area contributed by atoms with Gasteiger partial charge in [0, 0.05) is 11.1 Å². The Morgan fingerprint density at radius 3 is 2.61 bits per heavy atom. The number of aromatic nitrogens is 2. The zero-order chi connectivity index (χ0) is 21.6. The highest BCUT2D eigenvalue weighted by Gasteiger charge is 2.35. The maximum Gasteiger partial charge on any atom is 0.297 e. The van der Waals surface area contributed by atoms with Crippen LogP contribution in [0.4, 0.5) is 5.69 Å². The van der Waals surface area contributed by atoms with Crippen LogP contribution in [0.2, 0.25) is 0 Å². The number of benzene rings is 2. The highest BCUT2D eigenvalue weighted by molar-refractivity contribution is 7.91. The summed E-state index contributed by atoms with van der Waals surface area (Å²) in [7, 11) is -3.20. The van der Waals surface area contributed by atoms with E-state index in [0.717, 1.165) is 5.39 Å². The number of carbonyl (C=O) groups excluding carboxylic acids is 1. The number of anilines is 1. The number of carbonyl (C=O) groups is 1. The molecule has 2 aromatic heterocycles. The largest absolute Gasteiger partial charge is 0.448 e. The summed E-state index contributed by atoms with van der Waals surface area (Å²) in [4.78, 5) is 32.1. The van der Waals surface area contributed by atoms with E-state index in [-0.39, 0.29) is 29.5 Å². The van der Waals surface area contributed by atoms with Gasteiger partial charge in [-0.1, -0.05) is 30.3 Å². The second kappa shape index (κ2) is 7.35. The Morgan fingerprint density at radius 2 is 1.87 bits per heavy atom. The molecule has 1 fully saturated rings. The lowest BCUT2D eigenvalue weighted by atomic mass is 10.1. The Bertz CT molecular complexity index is 1460. The molecular weight excluding hydrogens is 418 g/mol. The topological polar surface area (TPSA) is 102 Å². The Balaban J connectivity index is 1.52. The van der Waals surface area contributed by atoms with E-state index in [1.165, 1.54) is 15.8 Å². The first-order valence-corrected chi connectivity index (χ1v) is 11.7. The van der Waals surface area contributed by atoms with Crippen LogP contribution in [0.1, 0.15) is 6.42 Å². The van der Waals surface area contributed by atoms with Crippen LogP contribution >= 0.6 is 0 Å². The molecular formula is C22H19N3O5S. The fraction of sp³-hybridized carbons (Fsp3) is 0.227. The molecule has 0 saturated carbocycles. The third-order valence-electron chi connectivity index (χ3n) is 5.53. The van der Waals surface area contributed by atoms with Crippen molar-refractivity contribution in [2.24, 2.45) is 0 Å². The van der Waals surface area contributed by atoms with Crippen LogP contribution in [0.25, 0.3) is 22.1 Å². The van der Waals surface area contributed by atoms with Crippen LogP contribution in [0, 0.1) is 0 Å². The van der Waals surface area contributed by atoms with Crippen molar-refractivity contribution in [2.45, 2.75) is 19.0 Å². The van der Waals surface area contributed by atoms with Gasteiger partial charge in [-0.05, 0) is 30.7 Å². The second-order valence-electron chi connectivity index (χ2n) is 7.61. The van der Waals surface area contributed by atoms with Crippen LogP contribution in [-0.4, -0.2) is 41.4 Å². The molecule has 1 aliphatic heterocycles. The monoisotopic (exact) mass is 437 g/mol. The van der Waals surface area contributed by atoms with Gasteiger partial charge in [-0.3, -0.25) is 14.2 Å². The lowest BCUT2D eigenvalue weighted by molar-refractivity contribution is -0.119. The average molecular weight is 437 g/mol. The number of sulfone groups is 1. The summed E-state index contributed by atoms with van der Waals surface area (Å²) in [6.07, 6.45) is 1.69. The number of rotatable bonds is 4. The van der Waals surface area contributed by atoms with E-state index in [4.69, 9.17) is 4.42 Å². The quantitative estimate of drug-likeness (QED) is 0.486. The third-order valence-corrected chi connectivity index (χ3v) is 7.28. The molecule has 158 valence electrons. The number of fused-ring (bicyclic) bond motifs is 3. The molecule has 31 heavy (non-hydrogen) atoms. The number of hydrogen-bond donors (Lipinski definition) is 0. The lowest BCUT2D eigenvalue weighted by Crippen LogP contribution is -2.44. The zero-order valence-electron chi connectivity index (χ0n) is 16.5. The van der Waals surface area contributed by atoms with Gasteiger partial charge in [0.2, 0.25) is 11.5 Å². The molecule has 1 atom stereocenters. The predicted molar refractivity (Wildman–Crippen MR) is 117 cm³/mol. The molecule has 9 heteroatoms. The van der Waals surface area contributed by atoms with E-state index in [0.29, 0.717) is 23.2 Å². The van der Waals surface area contributed by atoms with Crippen LogP contribution in [0.3, 0.4) is 0 Å². The van der Waals surface area contributed by atoms with Gasteiger partial charge in [0.1, 0.15) is 17.6 Å². The molecule has 2 aromatic carbocycles. The Labute approximate surface area is 177 Å². The molecule has 4 aromatic rings. The maximum absolute atomic E-state index is 13.3. The van der Waals surface area contributed by atoms with Crippen LogP contribution in [-0.2, 0) is 21.2 Å². The van der Waals surface area contributed by atoms with Crippen molar-refractivity contribution in [3.63, 3.8) is 0 Å². The normalized spacial score (nSPS) is 17.9. The van der Waals surface area contributed by atoms with Crippen molar-refractivity contribution in [1.82, 2.24) is 9.55 Å². The van der Waals surface area contributed by atoms with Gasteiger partial charge in [0.05, 0.1) is 23.9 Å². The first-order chi connectivity index (χ1) is 14.9. The summed E-state index contributed by atoms with van der Waals surface area (Å²) < 4.78 is 30.9. The Hall–Kier alpha value is -3.46. The van der Waals surface area contributed by atoms with E-state index in [9.17, 15) is 18.0 Å². The SMILES string of the molecule is O=C(Cn1cnc2c(oc3ccccc32)c1=O)N(c1ccccc1)C1CCS(=O)(=O)C1. The number of furan rings is 1. The highest BCUT2D eigenvalue weighted by Crippen LogP contribution is 2.26. The molecule has 1 unspecified atom stereocenters. The van der Waals surface area contributed by atoms with Crippen molar-refractivity contribution in [2.75, 3.05) is 16.4 Å². The molecule has 0 N–H and O–H groups in total. The smallest absolute Gasteiger partial charge is 0.297 e.